The summed E-state index contributed by atoms with van der Waals surface area (Å²) >= 11 is 0. The first-order valence-corrected chi connectivity index (χ1v) is 30.7. The van der Waals surface area contributed by atoms with Crippen molar-refractivity contribution < 1.29 is 9.31 Å². The average Bonchev–Trinajstić information content (AvgIpc) is 1.68. The molecular weight excluding hydrogens is 1080 g/mol. The van der Waals surface area contributed by atoms with Gasteiger partial charge in [0, 0.05) is 76.4 Å². The second-order valence-corrected chi connectivity index (χ2v) is 24.6. The van der Waals surface area contributed by atoms with E-state index in [1.165, 1.54) is 86.7 Å². The van der Waals surface area contributed by atoms with Gasteiger partial charge in [-0.1, -0.05) is 231 Å². The summed E-state index contributed by atoms with van der Waals surface area (Å²) in [5.41, 5.74) is 15.8. The van der Waals surface area contributed by atoms with Gasteiger partial charge in [0.2, 0.25) is 0 Å². The van der Waals surface area contributed by atoms with Crippen molar-refractivity contribution in [3.8, 4) is 45.0 Å². The molecular formula is C82H59BN4O2. The minimum absolute atomic E-state index is 0.354. The molecule has 0 N–H and O–H groups in total. The van der Waals surface area contributed by atoms with Crippen LogP contribution >= 0.6 is 0 Å². The Kier molecular flexibility index (Phi) is 12.1. The first kappa shape index (κ1) is 52.6. The van der Waals surface area contributed by atoms with Gasteiger partial charge in [-0.15, -0.1) is 0 Å². The largest absolute Gasteiger partial charge is 0.494 e. The highest BCUT2D eigenvalue weighted by atomic mass is 16.7. The van der Waals surface area contributed by atoms with E-state index in [0.717, 1.165) is 72.3 Å². The zero-order valence-electron chi connectivity index (χ0n) is 49.8. The Morgan fingerprint density at radius 3 is 1.04 bits per heavy atom. The van der Waals surface area contributed by atoms with Gasteiger partial charge in [-0.3, -0.25) is 0 Å². The number of nitrogens with zero attached hydrogens (tertiary/aromatic N) is 4. The maximum Gasteiger partial charge on any atom is 0.494 e. The molecule has 0 amide bonds. The molecule has 0 aliphatic carbocycles. The smallest absolute Gasteiger partial charge is 0.399 e. The monoisotopic (exact) mass is 1140 g/mol. The number of benzene rings is 13. The van der Waals surface area contributed by atoms with Crippen molar-refractivity contribution in [2.24, 2.45) is 0 Å². The van der Waals surface area contributed by atoms with Crippen molar-refractivity contribution in [2.75, 3.05) is 0 Å². The minimum Gasteiger partial charge on any atom is -0.399 e. The Hall–Kier alpha value is -10.7. The van der Waals surface area contributed by atoms with E-state index in [-0.39, 0.29) is 18.3 Å². The van der Waals surface area contributed by atoms with Crippen LogP contribution in [0.25, 0.3) is 154 Å². The Morgan fingerprint density at radius 1 is 0.292 bits per heavy atom. The standard InChI is InChI=1S/C53H33N3.C29H26BNO2/c1-2-14-40-35(13-1)29-30-46-52(40)45-19-3-8-20-47(45)54-53(46)36-27-25-34(26-28-36)37-31-38(55-48-21-9-4-15-41(48)42-16-5-10-22-49(42)55)33-39(32-37)56-50-23-11-6-17-43(50)44-18-7-12-24-51(44)56;1-28(2)29(3,4)33-30(32-28)21-16-13-20(14-17-21)27-24-18-15-19-9-5-6-10-22(19)26(24)23-11-7-8-12-25(23)31-27/h1-33H;5-18H,1-4H3. The molecule has 0 unspecified atom stereocenters. The number of hydrogen-bond acceptors (Lipinski definition) is 4. The summed E-state index contributed by atoms with van der Waals surface area (Å²) in [6, 6.07) is 103. The van der Waals surface area contributed by atoms with Crippen LogP contribution in [0.3, 0.4) is 0 Å². The normalized spacial score (nSPS) is 13.9. The van der Waals surface area contributed by atoms with Crippen LogP contribution < -0.4 is 5.46 Å². The Bertz CT molecular complexity index is 5420. The van der Waals surface area contributed by atoms with Gasteiger partial charge in [0.25, 0.3) is 0 Å². The molecule has 0 bridgehead atoms. The molecule has 1 aliphatic heterocycles. The third kappa shape index (κ3) is 8.56. The number of hydrogen-bond donors (Lipinski definition) is 0. The molecule has 1 saturated heterocycles. The van der Waals surface area contributed by atoms with Crippen molar-refractivity contribution in [3.63, 3.8) is 0 Å². The van der Waals surface area contributed by atoms with Gasteiger partial charge in [-0.05, 0) is 120 Å². The van der Waals surface area contributed by atoms with E-state index in [0.29, 0.717) is 0 Å². The average molecular weight is 1140 g/mol. The maximum atomic E-state index is 6.23. The summed E-state index contributed by atoms with van der Waals surface area (Å²) in [6.07, 6.45) is 0. The van der Waals surface area contributed by atoms with Crippen molar-refractivity contribution in [3.05, 3.63) is 285 Å². The van der Waals surface area contributed by atoms with Crippen molar-refractivity contribution >= 4 is 121 Å². The molecule has 1 fully saturated rings. The minimum atomic E-state index is -0.366. The van der Waals surface area contributed by atoms with Crippen molar-refractivity contribution in [1.82, 2.24) is 19.1 Å². The van der Waals surface area contributed by atoms with Gasteiger partial charge in [0.1, 0.15) is 0 Å². The van der Waals surface area contributed by atoms with Crippen LogP contribution in [0.4, 0.5) is 0 Å². The van der Waals surface area contributed by atoms with E-state index in [2.05, 4.69) is 322 Å². The SMILES string of the molecule is CC1(C)OB(c2ccc(-c3nc4ccccc4c4c3ccc3ccccc34)cc2)OC1(C)C.c1ccc2c(c1)ccc1c(-c3ccc(-c4cc(-n5c6ccccc6c6ccccc65)cc(-n5c6ccccc6c6ccccc65)c4)cc3)nc3ccccc3c12. The summed E-state index contributed by atoms with van der Waals surface area (Å²) in [5.74, 6) is 0. The topological polar surface area (TPSA) is 54.1 Å². The summed E-state index contributed by atoms with van der Waals surface area (Å²) < 4.78 is 17.3. The summed E-state index contributed by atoms with van der Waals surface area (Å²) in [4.78, 5) is 10.4. The number of aromatic nitrogens is 4. The zero-order valence-corrected chi connectivity index (χ0v) is 49.8. The molecule has 17 aromatic rings. The van der Waals surface area contributed by atoms with Crippen LogP contribution in [0, 0.1) is 0 Å². The van der Waals surface area contributed by atoms with Crippen LogP contribution in [-0.2, 0) is 9.31 Å². The highest BCUT2D eigenvalue weighted by Gasteiger charge is 2.51. The maximum absolute atomic E-state index is 6.23. The predicted octanol–water partition coefficient (Wildman–Crippen LogP) is 20.6. The Morgan fingerprint density at radius 2 is 0.629 bits per heavy atom. The zero-order chi connectivity index (χ0) is 59.5. The molecule has 89 heavy (non-hydrogen) atoms. The fourth-order valence-corrected chi connectivity index (χ4v) is 13.9. The molecule has 18 rings (SSSR count). The quantitative estimate of drug-likeness (QED) is 0.123. The molecule has 4 aromatic heterocycles. The third-order valence-corrected chi connectivity index (χ3v) is 19.0. The van der Waals surface area contributed by atoms with E-state index in [9.17, 15) is 0 Å². The second-order valence-electron chi connectivity index (χ2n) is 24.6. The van der Waals surface area contributed by atoms with Gasteiger partial charge in [-0.25, -0.2) is 9.97 Å². The van der Waals surface area contributed by atoms with Crippen LogP contribution in [0.1, 0.15) is 27.7 Å². The molecule has 0 spiro atoms. The van der Waals surface area contributed by atoms with E-state index < -0.39 is 0 Å². The van der Waals surface area contributed by atoms with E-state index in [4.69, 9.17) is 19.3 Å². The molecule has 7 heteroatoms. The lowest BCUT2D eigenvalue weighted by atomic mass is 9.78. The van der Waals surface area contributed by atoms with E-state index in [1.807, 2.05) is 0 Å². The van der Waals surface area contributed by atoms with Crippen LogP contribution in [0.5, 0.6) is 0 Å². The Labute approximate surface area is 515 Å². The molecule has 13 aromatic carbocycles. The number of fused-ring (bicyclic) bond motifs is 16. The molecule has 0 atom stereocenters. The van der Waals surface area contributed by atoms with Gasteiger partial charge >= 0.3 is 7.12 Å². The fraction of sp³-hybridized carbons (Fsp3) is 0.0732. The first-order chi connectivity index (χ1) is 43.6. The summed E-state index contributed by atoms with van der Waals surface area (Å²) in [7, 11) is -0.366. The van der Waals surface area contributed by atoms with Gasteiger partial charge < -0.3 is 18.4 Å². The lowest BCUT2D eigenvalue weighted by Gasteiger charge is -2.32. The highest BCUT2D eigenvalue weighted by Crippen LogP contribution is 2.43. The lowest BCUT2D eigenvalue weighted by Crippen LogP contribution is -2.41. The van der Waals surface area contributed by atoms with Crippen LogP contribution in [0.2, 0.25) is 0 Å². The van der Waals surface area contributed by atoms with Gasteiger partial charge in [0.15, 0.2) is 0 Å². The lowest BCUT2D eigenvalue weighted by molar-refractivity contribution is 0.00578. The van der Waals surface area contributed by atoms with E-state index in [1.54, 1.807) is 0 Å². The number of pyridine rings is 2. The second kappa shape index (κ2) is 20.5. The summed E-state index contributed by atoms with van der Waals surface area (Å²) in [6.45, 7) is 8.32. The predicted molar refractivity (Wildman–Crippen MR) is 374 cm³/mol. The summed E-state index contributed by atoms with van der Waals surface area (Å²) in [5, 5.41) is 17.2. The highest BCUT2D eigenvalue weighted by molar-refractivity contribution is 6.62. The molecule has 422 valence electrons. The Balaban J connectivity index is 0.000000158. The molecule has 0 radical (unpaired) electrons. The number of para-hydroxylation sites is 6. The van der Waals surface area contributed by atoms with Gasteiger partial charge in [0.05, 0.1) is 55.7 Å². The van der Waals surface area contributed by atoms with Crippen molar-refractivity contribution in [2.45, 2.75) is 38.9 Å². The van der Waals surface area contributed by atoms with Crippen molar-refractivity contribution in [1.29, 1.82) is 0 Å². The van der Waals surface area contributed by atoms with Crippen LogP contribution in [0.15, 0.2) is 285 Å². The molecule has 1 aliphatic rings. The first-order valence-electron chi connectivity index (χ1n) is 30.7. The molecule has 0 saturated carbocycles. The van der Waals surface area contributed by atoms with Gasteiger partial charge in [-0.2, -0.15) is 0 Å². The molecule has 6 nitrogen and oxygen atoms in total. The molecule has 5 heterocycles. The van der Waals surface area contributed by atoms with Crippen LogP contribution in [-0.4, -0.2) is 37.4 Å². The van der Waals surface area contributed by atoms with E-state index >= 15 is 0 Å². The fourth-order valence-electron chi connectivity index (χ4n) is 13.9. The third-order valence-electron chi connectivity index (χ3n) is 19.0. The number of rotatable bonds is 6.